The Morgan fingerprint density at radius 1 is 1.22 bits per heavy atom. The summed E-state index contributed by atoms with van der Waals surface area (Å²) in [7, 11) is 0. The molecule has 0 unspecified atom stereocenters. The van der Waals surface area contributed by atoms with Crippen LogP contribution in [-0.2, 0) is 9.59 Å². The molecule has 6 nitrogen and oxygen atoms in total. The fraction of sp³-hybridized carbons (Fsp3) is 0. The summed E-state index contributed by atoms with van der Waals surface area (Å²) in [6.45, 7) is 0. The van der Waals surface area contributed by atoms with E-state index in [2.05, 4.69) is 0 Å². The van der Waals surface area contributed by atoms with Crippen molar-refractivity contribution in [2.45, 2.75) is 0 Å². The third kappa shape index (κ3) is 1.70. The molecule has 0 saturated heterocycles. The molecular formula is C3H2N2O4. The van der Waals surface area contributed by atoms with E-state index in [0.717, 1.165) is 0 Å². The van der Waals surface area contributed by atoms with Crippen LogP contribution in [0, 0.1) is 0 Å². The summed E-state index contributed by atoms with van der Waals surface area (Å²) in [6.07, 6.45) is 0. The van der Waals surface area contributed by atoms with Gasteiger partial charge in [0, 0.05) is 0 Å². The first kappa shape index (κ1) is 7.32. The Hall–Kier alpha value is -1.68. The number of hydrogen-bond donors (Lipinski definition) is 2. The molecule has 0 aromatic carbocycles. The van der Waals surface area contributed by atoms with Crippen molar-refractivity contribution in [1.29, 1.82) is 0 Å². The van der Waals surface area contributed by atoms with Gasteiger partial charge in [-0.2, -0.15) is 4.79 Å². The predicted octanol–water partition coefficient (Wildman–Crippen LogP) is -1.17. The number of aliphatic carboxylic acids is 2. The Morgan fingerprint density at radius 3 is 1.56 bits per heavy atom. The summed E-state index contributed by atoms with van der Waals surface area (Å²) in [6, 6.07) is 0. The standard InChI is InChI=1S/C3H2N2O4/c4-5-1(2(6)7)3(8)9/h(H,6,7)(H,8,9). The Bertz CT molecular complexity index is 186. The summed E-state index contributed by atoms with van der Waals surface area (Å²) in [5.41, 5.74) is 6.40. The van der Waals surface area contributed by atoms with E-state index in [9.17, 15) is 9.59 Å². The molecule has 9 heavy (non-hydrogen) atoms. The predicted molar refractivity (Wildman–Crippen MR) is 23.9 cm³/mol. The van der Waals surface area contributed by atoms with Crippen molar-refractivity contribution >= 4 is 17.7 Å². The van der Waals surface area contributed by atoms with E-state index in [1.165, 1.54) is 0 Å². The molecule has 6 heteroatoms. The van der Waals surface area contributed by atoms with Gasteiger partial charge in [0.15, 0.2) is 0 Å². The molecule has 2 N–H and O–H groups in total. The van der Waals surface area contributed by atoms with Crippen LogP contribution < -0.4 is 0 Å². The second-order valence-electron chi connectivity index (χ2n) is 1.06. The number of carbonyl (C=O) groups is 2. The quantitative estimate of drug-likeness (QED) is 0.212. The Labute approximate surface area is 49.0 Å². The highest BCUT2D eigenvalue weighted by Crippen LogP contribution is 1.70. The van der Waals surface area contributed by atoms with Crippen LogP contribution in [0.1, 0.15) is 0 Å². The number of carboxylic acid groups (broad SMARTS) is 2. The van der Waals surface area contributed by atoms with E-state index in [0.29, 0.717) is 0 Å². The molecule has 0 radical (unpaired) electrons. The zero-order chi connectivity index (χ0) is 7.44. The molecule has 0 aliphatic rings. The molecule has 0 aromatic heterocycles. The Balaban J connectivity index is 4.59. The second kappa shape index (κ2) is 2.58. The van der Waals surface area contributed by atoms with Crippen molar-refractivity contribution in [3.8, 4) is 0 Å². The van der Waals surface area contributed by atoms with Crippen LogP contribution in [-0.4, -0.2) is 32.7 Å². The minimum absolute atomic E-state index is 1.30. The zero-order valence-corrected chi connectivity index (χ0v) is 4.11. The first-order valence-corrected chi connectivity index (χ1v) is 1.78. The van der Waals surface area contributed by atoms with Crippen LogP contribution in [0.3, 0.4) is 0 Å². The number of hydrogen-bond acceptors (Lipinski definition) is 2. The summed E-state index contributed by atoms with van der Waals surface area (Å²) in [5, 5.41) is 15.7. The van der Waals surface area contributed by atoms with E-state index in [-0.39, 0.29) is 0 Å². The fourth-order valence-corrected chi connectivity index (χ4v) is 0.177. The lowest BCUT2D eigenvalue weighted by Gasteiger charge is -1.76. The van der Waals surface area contributed by atoms with Crippen LogP contribution in [0.5, 0.6) is 0 Å². The molecule has 0 aliphatic heterocycles. The van der Waals surface area contributed by atoms with Crippen molar-refractivity contribution in [2.24, 2.45) is 0 Å². The first-order chi connectivity index (χ1) is 4.09. The third-order valence-corrected chi connectivity index (χ3v) is 0.505. The van der Waals surface area contributed by atoms with E-state index in [1.54, 1.807) is 0 Å². The highest BCUT2D eigenvalue weighted by molar-refractivity contribution is 6.59. The normalized spacial score (nSPS) is 7.56. The van der Waals surface area contributed by atoms with Gasteiger partial charge < -0.3 is 15.7 Å². The summed E-state index contributed by atoms with van der Waals surface area (Å²) in [4.78, 5) is 21.4. The lowest BCUT2D eigenvalue weighted by molar-refractivity contribution is -0.142. The zero-order valence-electron chi connectivity index (χ0n) is 4.11. The smallest absolute Gasteiger partial charge is 0.472 e. The van der Waals surface area contributed by atoms with Crippen molar-refractivity contribution in [3.05, 3.63) is 5.53 Å². The van der Waals surface area contributed by atoms with Gasteiger partial charge in [-0.3, -0.25) is 0 Å². The maximum Gasteiger partial charge on any atom is 0.482 e. The Morgan fingerprint density at radius 2 is 1.56 bits per heavy atom. The van der Waals surface area contributed by atoms with Gasteiger partial charge in [0.25, 0.3) is 0 Å². The van der Waals surface area contributed by atoms with E-state index >= 15 is 0 Å². The van der Waals surface area contributed by atoms with Gasteiger partial charge in [0.1, 0.15) is 0 Å². The van der Waals surface area contributed by atoms with Crippen LogP contribution in [0.25, 0.3) is 5.53 Å². The molecule has 0 heterocycles. The van der Waals surface area contributed by atoms with Crippen LogP contribution in [0.2, 0.25) is 0 Å². The van der Waals surface area contributed by atoms with Crippen LogP contribution in [0.15, 0.2) is 0 Å². The van der Waals surface area contributed by atoms with Gasteiger partial charge in [-0.15, -0.1) is 0 Å². The van der Waals surface area contributed by atoms with Gasteiger partial charge >= 0.3 is 17.7 Å². The Kier molecular flexibility index (Phi) is 2.10. The molecule has 0 atom stereocenters. The third-order valence-electron chi connectivity index (χ3n) is 0.505. The SMILES string of the molecule is [N-]=[N+]=C(C(=O)O)C(=O)O. The van der Waals surface area contributed by atoms with Crippen LogP contribution in [0.4, 0.5) is 0 Å². The fourth-order valence-electron chi connectivity index (χ4n) is 0.177. The van der Waals surface area contributed by atoms with Crippen LogP contribution >= 0.6 is 0 Å². The van der Waals surface area contributed by atoms with Crippen molar-refractivity contribution < 1.29 is 24.6 Å². The molecule has 0 rings (SSSR count). The topological polar surface area (TPSA) is 111 Å². The molecule has 0 bridgehead atoms. The molecule has 0 aromatic rings. The lowest BCUT2D eigenvalue weighted by Crippen LogP contribution is -2.23. The first-order valence-electron chi connectivity index (χ1n) is 1.78. The average Bonchev–Trinajstić information content (AvgIpc) is 1.64. The monoisotopic (exact) mass is 130 g/mol. The molecule has 0 aliphatic carbocycles. The molecular weight excluding hydrogens is 128 g/mol. The molecule has 0 fully saturated rings. The summed E-state index contributed by atoms with van der Waals surface area (Å²) < 4.78 is 0. The van der Waals surface area contributed by atoms with Gasteiger partial charge in [-0.25, -0.2) is 9.59 Å². The van der Waals surface area contributed by atoms with Gasteiger partial charge in [0.2, 0.25) is 0 Å². The van der Waals surface area contributed by atoms with Crippen molar-refractivity contribution in [2.75, 3.05) is 0 Å². The lowest BCUT2D eigenvalue weighted by atomic mass is 10.4. The molecule has 0 saturated carbocycles. The molecule has 48 valence electrons. The number of carboxylic acids is 2. The summed E-state index contributed by atoms with van der Waals surface area (Å²) in [5.74, 6) is -3.55. The maximum atomic E-state index is 9.70. The van der Waals surface area contributed by atoms with E-state index in [4.69, 9.17) is 15.7 Å². The van der Waals surface area contributed by atoms with E-state index < -0.39 is 17.7 Å². The van der Waals surface area contributed by atoms with Crippen molar-refractivity contribution in [3.63, 3.8) is 0 Å². The number of rotatable bonds is 2. The minimum atomic E-state index is -1.77. The molecule has 0 amide bonds. The average molecular weight is 130 g/mol. The van der Waals surface area contributed by atoms with E-state index in [1.807, 2.05) is 4.79 Å². The highest BCUT2D eigenvalue weighted by atomic mass is 16.4. The highest BCUT2D eigenvalue weighted by Gasteiger charge is 2.27. The summed E-state index contributed by atoms with van der Waals surface area (Å²) >= 11 is 0. The molecule has 0 spiro atoms. The number of nitrogens with zero attached hydrogens (tertiary/aromatic N) is 2. The minimum Gasteiger partial charge on any atom is -0.472 e. The van der Waals surface area contributed by atoms with Crippen molar-refractivity contribution in [1.82, 2.24) is 0 Å². The van der Waals surface area contributed by atoms with Gasteiger partial charge in [0.05, 0.1) is 0 Å². The van der Waals surface area contributed by atoms with Gasteiger partial charge in [-0.1, -0.05) is 0 Å². The van der Waals surface area contributed by atoms with Gasteiger partial charge in [-0.05, 0) is 0 Å². The largest absolute Gasteiger partial charge is 0.482 e. The maximum absolute atomic E-state index is 9.70. The second-order valence-corrected chi connectivity index (χ2v) is 1.06.